The molecular weight excluding hydrogens is 426 g/mol. The predicted octanol–water partition coefficient (Wildman–Crippen LogP) is -2.30. The van der Waals surface area contributed by atoms with Gasteiger partial charge in [-0.05, 0) is 25.8 Å². The predicted molar refractivity (Wildman–Crippen MR) is 102 cm³/mol. The van der Waals surface area contributed by atoms with Crippen LogP contribution in [-0.2, 0) is 9.53 Å². The number of carbonyl (C=O) groups excluding carboxylic acids is 1. The van der Waals surface area contributed by atoms with Gasteiger partial charge < -0.3 is 32.2 Å². The number of nitro groups is 2. The Kier molecular flexibility index (Phi) is 8.46. The smallest absolute Gasteiger partial charge is 0.409 e. The molecule has 0 aliphatic heterocycles. The third-order valence-electron chi connectivity index (χ3n) is 3.48. The number of nitrogens with two attached hydrogens (primary N) is 3. The molecule has 1 unspecified atom stereocenters. The van der Waals surface area contributed by atoms with Crippen molar-refractivity contribution in [3.8, 4) is 0 Å². The largest absolute Gasteiger partial charge is 0.477 e. The van der Waals surface area contributed by atoms with Gasteiger partial charge in [-0.25, -0.2) is 24.7 Å². The van der Waals surface area contributed by atoms with Crippen LogP contribution in [0.1, 0.15) is 33.6 Å². The third-order valence-corrected chi connectivity index (χ3v) is 3.48. The molecule has 10 N–H and O–H groups in total. The molecular formula is C13H25N9O9. The average molecular weight is 451 g/mol. The zero-order chi connectivity index (χ0) is 24.8. The van der Waals surface area contributed by atoms with Crippen LogP contribution in [0.3, 0.4) is 0 Å². The zero-order valence-electron chi connectivity index (χ0n) is 16.9. The number of carboxylic acids is 1. The lowest BCUT2D eigenvalue weighted by Crippen LogP contribution is -2.77. The van der Waals surface area contributed by atoms with E-state index in [0.717, 1.165) is 0 Å². The zero-order valence-corrected chi connectivity index (χ0v) is 16.9. The Labute approximate surface area is 174 Å². The van der Waals surface area contributed by atoms with E-state index in [1.807, 2.05) is 5.32 Å². The number of nitrogens with one attached hydrogen (secondary N) is 2. The standard InChI is InChI=1S/C13H25N9O9/c1-11(2,3)31-10(25)19-12(18-8(14)15,5-4-6-20(27)28)13(26,7(23)24)21(9(16)17)22(29)30/h26H,4-6H2,1-3H3,(H3,16,17)(H,19,25)(H,23,24)(H4,14,15,18)/t12-,13?/m0/s1. The number of aliphatic imine (C=N–C) groups is 1. The highest BCUT2D eigenvalue weighted by Crippen LogP contribution is 2.34. The monoisotopic (exact) mass is 451 g/mol. The number of rotatable bonds is 10. The maximum absolute atomic E-state index is 12.4. The molecule has 0 spiro atoms. The second-order valence-electron chi connectivity index (χ2n) is 7.10. The molecule has 0 saturated carbocycles. The number of carboxylic acid groups (broad SMARTS) is 1. The Balaban J connectivity index is 6.97. The number of amides is 1. The highest BCUT2D eigenvalue weighted by atomic mass is 16.7. The van der Waals surface area contributed by atoms with Gasteiger partial charge in [0, 0.05) is 17.8 Å². The molecule has 0 fully saturated rings. The Morgan fingerprint density at radius 3 is 2.06 bits per heavy atom. The van der Waals surface area contributed by atoms with Gasteiger partial charge in [0.2, 0.25) is 12.2 Å². The van der Waals surface area contributed by atoms with E-state index in [0.29, 0.717) is 0 Å². The molecule has 1 amide bonds. The van der Waals surface area contributed by atoms with E-state index < -0.39 is 75.3 Å². The summed E-state index contributed by atoms with van der Waals surface area (Å²) in [7, 11) is 0. The van der Waals surface area contributed by atoms with E-state index in [-0.39, 0.29) is 0 Å². The first-order valence-corrected chi connectivity index (χ1v) is 8.37. The number of hydrogen-bond donors (Lipinski definition) is 7. The summed E-state index contributed by atoms with van der Waals surface area (Å²) in [4.78, 5) is 49.2. The SMILES string of the molecule is CC(C)(C)OC(=O)N[C@](CCC[N+](=O)[O-])(N=C(N)N)C(O)(C(=O)O)N(C(=N)N)[N+](=O)[O-]. The Morgan fingerprint density at radius 2 is 1.74 bits per heavy atom. The molecule has 0 radical (unpaired) electrons. The van der Waals surface area contributed by atoms with Gasteiger partial charge in [-0.2, -0.15) is 0 Å². The number of hydrazine groups is 1. The number of alkyl carbamates (subject to hydrolysis) is 1. The Hall–Kier alpha value is -3.96. The minimum Gasteiger partial charge on any atom is -0.477 e. The molecule has 31 heavy (non-hydrogen) atoms. The highest BCUT2D eigenvalue weighted by molar-refractivity contribution is 5.87. The molecule has 0 aliphatic carbocycles. The van der Waals surface area contributed by atoms with E-state index in [4.69, 9.17) is 27.3 Å². The minimum atomic E-state index is -3.93. The molecule has 0 rings (SSSR count). The third kappa shape index (κ3) is 6.80. The number of aliphatic carboxylic acids is 1. The van der Waals surface area contributed by atoms with Crippen molar-refractivity contribution in [3.63, 3.8) is 0 Å². The molecule has 176 valence electrons. The van der Waals surface area contributed by atoms with Crippen LogP contribution in [0.25, 0.3) is 0 Å². The van der Waals surface area contributed by atoms with Crippen molar-refractivity contribution < 1.29 is 34.5 Å². The fourth-order valence-electron chi connectivity index (χ4n) is 2.47. The van der Waals surface area contributed by atoms with Crippen LogP contribution in [-0.4, -0.2) is 72.7 Å². The number of carbonyl (C=O) groups is 2. The van der Waals surface area contributed by atoms with Crippen molar-refractivity contribution in [1.82, 2.24) is 10.3 Å². The summed E-state index contributed by atoms with van der Waals surface area (Å²) in [5.41, 5.74) is 7.49. The molecule has 0 aromatic heterocycles. The van der Waals surface area contributed by atoms with E-state index in [9.17, 15) is 40.0 Å². The van der Waals surface area contributed by atoms with Crippen LogP contribution >= 0.6 is 0 Å². The molecule has 0 saturated heterocycles. The summed E-state index contributed by atoms with van der Waals surface area (Å²) in [6.45, 7) is 3.43. The van der Waals surface area contributed by atoms with Gasteiger partial charge in [-0.1, -0.05) is 0 Å². The normalized spacial score (nSPS) is 14.8. The van der Waals surface area contributed by atoms with E-state index >= 15 is 0 Å². The van der Waals surface area contributed by atoms with Gasteiger partial charge in [0.05, 0.1) is 0 Å². The molecule has 2 atom stereocenters. The second-order valence-corrected chi connectivity index (χ2v) is 7.10. The van der Waals surface area contributed by atoms with Crippen LogP contribution in [0, 0.1) is 25.6 Å². The molecule has 0 aliphatic rings. The maximum atomic E-state index is 12.4. The van der Waals surface area contributed by atoms with Gasteiger partial charge in [0.1, 0.15) is 5.60 Å². The minimum absolute atomic E-state index is 0.585. The van der Waals surface area contributed by atoms with Crippen LogP contribution < -0.4 is 22.5 Å². The van der Waals surface area contributed by atoms with Crippen molar-refractivity contribution in [1.29, 1.82) is 5.41 Å². The first-order chi connectivity index (χ1) is 13.9. The van der Waals surface area contributed by atoms with Crippen molar-refractivity contribution in [2.45, 2.75) is 50.6 Å². The highest BCUT2D eigenvalue weighted by Gasteiger charge is 2.68. The van der Waals surface area contributed by atoms with E-state index in [1.165, 1.54) is 20.8 Å². The molecule has 18 nitrogen and oxygen atoms in total. The quantitative estimate of drug-likeness (QED) is 0.0604. The van der Waals surface area contributed by atoms with Gasteiger partial charge >= 0.3 is 17.8 Å². The summed E-state index contributed by atoms with van der Waals surface area (Å²) < 4.78 is 4.97. The molecule has 0 aromatic rings. The average Bonchev–Trinajstić information content (AvgIpc) is 2.50. The van der Waals surface area contributed by atoms with Gasteiger partial charge in [-0.3, -0.25) is 20.8 Å². The second kappa shape index (κ2) is 9.69. The lowest BCUT2D eigenvalue weighted by atomic mass is 9.90. The van der Waals surface area contributed by atoms with Crippen LogP contribution in [0.4, 0.5) is 4.79 Å². The number of guanidine groups is 2. The van der Waals surface area contributed by atoms with Crippen molar-refractivity contribution in [2.75, 3.05) is 6.54 Å². The Morgan fingerprint density at radius 1 is 1.23 bits per heavy atom. The van der Waals surface area contributed by atoms with Crippen LogP contribution in [0.5, 0.6) is 0 Å². The first kappa shape index (κ1) is 27.0. The van der Waals surface area contributed by atoms with E-state index in [2.05, 4.69) is 4.99 Å². The topological polar surface area (TPSA) is 300 Å². The Bertz CT molecular complexity index is 763. The van der Waals surface area contributed by atoms with Crippen molar-refractivity contribution in [3.05, 3.63) is 20.2 Å². The molecule has 0 aromatic carbocycles. The summed E-state index contributed by atoms with van der Waals surface area (Å²) in [5, 5.41) is 49.7. The maximum Gasteiger partial charge on any atom is 0.409 e. The molecule has 18 heteroatoms. The lowest BCUT2D eigenvalue weighted by molar-refractivity contribution is -0.661. The fourth-order valence-corrected chi connectivity index (χ4v) is 2.47. The van der Waals surface area contributed by atoms with Crippen LogP contribution in [0.15, 0.2) is 4.99 Å². The lowest BCUT2D eigenvalue weighted by Gasteiger charge is -2.42. The fraction of sp³-hybridized carbons (Fsp3) is 0.692. The summed E-state index contributed by atoms with van der Waals surface area (Å²) in [5.74, 6) is -4.96. The van der Waals surface area contributed by atoms with Crippen LogP contribution in [0.2, 0.25) is 0 Å². The summed E-state index contributed by atoms with van der Waals surface area (Å²) >= 11 is 0. The van der Waals surface area contributed by atoms with Crippen molar-refractivity contribution >= 4 is 24.0 Å². The number of hydrogen-bond acceptors (Lipinski definition) is 10. The van der Waals surface area contributed by atoms with Crippen molar-refractivity contribution in [2.24, 2.45) is 22.2 Å². The summed E-state index contributed by atoms with van der Waals surface area (Å²) in [6.07, 6.45) is -2.95. The molecule has 0 heterocycles. The first-order valence-electron chi connectivity index (χ1n) is 8.37. The summed E-state index contributed by atoms with van der Waals surface area (Å²) in [6, 6.07) is 0. The van der Waals surface area contributed by atoms with E-state index in [1.54, 1.807) is 0 Å². The van der Waals surface area contributed by atoms with Gasteiger partial charge in [0.25, 0.3) is 5.96 Å². The van der Waals surface area contributed by atoms with Gasteiger partial charge in [0.15, 0.2) is 11.0 Å². The number of nitrogens with zero attached hydrogens (tertiary/aromatic N) is 4. The molecule has 0 bridgehead atoms. The number of aliphatic hydroxyl groups is 1. The van der Waals surface area contributed by atoms with Gasteiger partial charge in [-0.15, -0.1) is 0 Å². The number of ether oxygens (including phenoxy) is 1.